The summed E-state index contributed by atoms with van der Waals surface area (Å²) < 4.78 is 5.32. The third kappa shape index (κ3) is 2.06. The van der Waals surface area contributed by atoms with Gasteiger partial charge >= 0.3 is 0 Å². The summed E-state index contributed by atoms with van der Waals surface area (Å²) in [6.45, 7) is 4.00. The first-order chi connectivity index (χ1) is 9.66. The molecule has 3 heterocycles. The number of likely N-dealkylation sites (tertiary alicyclic amines) is 1. The number of ether oxygens (including phenoxy) is 1. The lowest BCUT2D eigenvalue weighted by molar-refractivity contribution is -0.151. The van der Waals surface area contributed by atoms with Crippen LogP contribution in [0.1, 0.15) is 12.8 Å². The van der Waals surface area contributed by atoms with Crippen molar-refractivity contribution < 1.29 is 19.7 Å². The van der Waals surface area contributed by atoms with Gasteiger partial charge in [-0.3, -0.25) is 4.79 Å². The van der Waals surface area contributed by atoms with E-state index >= 15 is 0 Å². The maximum Gasteiger partial charge on any atom is 0.231 e. The van der Waals surface area contributed by atoms with Crippen LogP contribution in [-0.2, 0) is 9.53 Å². The van der Waals surface area contributed by atoms with E-state index in [1.54, 1.807) is 0 Å². The summed E-state index contributed by atoms with van der Waals surface area (Å²) in [5, 5.41) is 22.8. The lowest BCUT2D eigenvalue weighted by Gasteiger charge is -2.37. The van der Waals surface area contributed by atoms with Gasteiger partial charge in [0.15, 0.2) is 0 Å². The monoisotopic (exact) mass is 284 g/mol. The maximum absolute atomic E-state index is 12.9. The second kappa shape index (κ2) is 5.26. The van der Waals surface area contributed by atoms with Gasteiger partial charge in [-0.15, -0.1) is 0 Å². The van der Waals surface area contributed by atoms with Gasteiger partial charge in [-0.25, -0.2) is 0 Å². The Balaban J connectivity index is 1.75. The van der Waals surface area contributed by atoms with E-state index in [4.69, 9.17) is 4.74 Å². The molecule has 0 aliphatic carbocycles. The number of aliphatic hydroxyl groups is 2. The van der Waals surface area contributed by atoms with Crippen LogP contribution in [0, 0.1) is 16.7 Å². The highest BCUT2D eigenvalue weighted by Crippen LogP contribution is 2.41. The van der Waals surface area contributed by atoms with Crippen LogP contribution in [0.5, 0.6) is 0 Å². The second-order valence-electron chi connectivity index (χ2n) is 6.58. The Bertz CT molecular complexity index is 383. The van der Waals surface area contributed by atoms with Crippen molar-refractivity contribution in [2.24, 2.45) is 16.7 Å². The minimum Gasteiger partial charge on any atom is -0.396 e. The summed E-state index contributed by atoms with van der Waals surface area (Å²) in [6, 6.07) is 0. The van der Waals surface area contributed by atoms with E-state index in [1.807, 2.05) is 4.90 Å². The summed E-state index contributed by atoms with van der Waals surface area (Å²) in [5.74, 6) is 0.373. The first-order valence-electron chi connectivity index (χ1n) is 7.45. The van der Waals surface area contributed by atoms with Gasteiger partial charge in [-0.05, 0) is 18.8 Å². The molecule has 114 valence electrons. The summed E-state index contributed by atoms with van der Waals surface area (Å²) in [5.41, 5.74) is -0.849. The molecule has 0 bridgehead atoms. The van der Waals surface area contributed by atoms with E-state index in [0.717, 1.165) is 13.1 Å². The fraction of sp³-hybridized carbons (Fsp3) is 0.929. The van der Waals surface area contributed by atoms with Gasteiger partial charge in [-0.2, -0.15) is 0 Å². The van der Waals surface area contributed by atoms with Crippen molar-refractivity contribution in [2.45, 2.75) is 12.8 Å². The van der Waals surface area contributed by atoms with Crippen LogP contribution in [0.4, 0.5) is 0 Å². The fourth-order valence-electron chi connectivity index (χ4n) is 3.94. The highest BCUT2D eigenvalue weighted by molar-refractivity contribution is 5.83. The standard InChI is InChI=1S/C14H24N2O4/c17-9-13(1-3-20-4-2-13)12(19)16-6-11-5-15-7-14(11,8-16)10-18/h11,15,17-18H,1-10H2. The lowest BCUT2D eigenvalue weighted by Crippen LogP contribution is -2.49. The van der Waals surface area contributed by atoms with Gasteiger partial charge in [-0.1, -0.05) is 0 Å². The number of hydrogen-bond donors (Lipinski definition) is 3. The molecule has 0 spiro atoms. The Morgan fingerprint density at radius 1 is 1.30 bits per heavy atom. The minimum atomic E-state index is -0.666. The van der Waals surface area contributed by atoms with Crippen molar-refractivity contribution in [3.8, 4) is 0 Å². The van der Waals surface area contributed by atoms with E-state index in [0.29, 0.717) is 45.1 Å². The average Bonchev–Trinajstić information content (AvgIpc) is 3.04. The zero-order valence-electron chi connectivity index (χ0n) is 11.8. The number of amides is 1. The number of nitrogens with one attached hydrogen (secondary N) is 1. The van der Waals surface area contributed by atoms with Crippen molar-refractivity contribution in [1.82, 2.24) is 10.2 Å². The molecular weight excluding hydrogens is 260 g/mol. The second-order valence-corrected chi connectivity index (χ2v) is 6.58. The van der Waals surface area contributed by atoms with Gasteiger partial charge in [0.1, 0.15) is 0 Å². The maximum atomic E-state index is 12.9. The van der Waals surface area contributed by atoms with Gasteiger partial charge < -0.3 is 25.2 Å². The molecule has 2 unspecified atom stereocenters. The summed E-state index contributed by atoms with van der Waals surface area (Å²) in [4.78, 5) is 14.7. The molecule has 0 aromatic rings. The van der Waals surface area contributed by atoms with E-state index in [1.165, 1.54) is 0 Å². The summed E-state index contributed by atoms with van der Waals surface area (Å²) >= 11 is 0. The number of carbonyl (C=O) groups excluding carboxylic acids is 1. The van der Waals surface area contributed by atoms with Crippen molar-refractivity contribution in [3.05, 3.63) is 0 Å². The molecule has 3 N–H and O–H groups in total. The molecule has 3 rings (SSSR count). The van der Waals surface area contributed by atoms with Gasteiger partial charge in [0.2, 0.25) is 5.91 Å². The molecular formula is C14H24N2O4. The predicted octanol–water partition coefficient (Wildman–Crippen LogP) is -1.18. The molecule has 20 heavy (non-hydrogen) atoms. The molecule has 0 aromatic carbocycles. The van der Waals surface area contributed by atoms with Crippen LogP contribution in [0.15, 0.2) is 0 Å². The first-order valence-corrected chi connectivity index (χ1v) is 7.45. The van der Waals surface area contributed by atoms with Crippen molar-refractivity contribution in [3.63, 3.8) is 0 Å². The number of aliphatic hydroxyl groups excluding tert-OH is 2. The average molecular weight is 284 g/mol. The fourth-order valence-corrected chi connectivity index (χ4v) is 3.94. The van der Waals surface area contributed by atoms with Crippen LogP contribution in [0.25, 0.3) is 0 Å². The van der Waals surface area contributed by atoms with Crippen molar-refractivity contribution in [2.75, 3.05) is 52.6 Å². The van der Waals surface area contributed by atoms with Crippen LogP contribution < -0.4 is 5.32 Å². The van der Waals surface area contributed by atoms with E-state index < -0.39 is 5.41 Å². The number of rotatable bonds is 3. The zero-order chi connectivity index (χ0) is 14.2. The highest BCUT2D eigenvalue weighted by Gasteiger charge is 2.53. The largest absolute Gasteiger partial charge is 0.396 e. The van der Waals surface area contributed by atoms with E-state index in [2.05, 4.69) is 5.32 Å². The zero-order valence-corrected chi connectivity index (χ0v) is 11.8. The smallest absolute Gasteiger partial charge is 0.231 e. The topological polar surface area (TPSA) is 82.0 Å². The van der Waals surface area contributed by atoms with Crippen LogP contribution in [0.3, 0.4) is 0 Å². The normalized spacial score (nSPS) is 36.1. The number of hydrogen-bond acceptors (Lipinski definition) is 5. The summed E-state index contributed by atoms with van der Waals surface area (Å²) in [6.07, 6.45) is 1.18. The molecule has 0 radical (unpaired) electrons. The lowest BCUT2D eigenvalue weighted by atomic mass is 9.79. The van der Waals surface area contributed by atoms with Crippen LogP contribution >= 0.6 is 0 Å². The highest BCUT2D eigenvalue weighted by atomic mass is 16.5. The Morgan fingerprint density at radius 2 is 2.05 bits per heavy atom. The number of carbonyl (C=O) groups is 1. The van der Waals surface area contributed by atoms with Crippen LogP contribution in [0.2, 0.25) is 0 Å². The Hall–Kier alpha value is -0.690. The molecule has 0 saturated carbocycles. The SMILES string of the molecule is O=C(N1CC2CNCC2(CO)C1)C1(CO)CCOCC1. The molecule has 6 heteroatoms. The molecule has 3 fully saturated rings. The first kappa shape index (κ1) is 14.3. The molecule has 0 aromatic heterocycles. The molecule has 1 amide bonds. The Morgan fingerprint density at radius 3 is 2.65 bits per heavy atom. The third-order valence-electron chi connectivity index (χ3n) is 5.49. The van der Waals surface area contributed by atoms with Gasteiger partial charge in [0.05, 0.1) is 18.6 Å². The van der Waals surface area contributed by atoms with Gasteiger partial charge in [0, 0.05) is 44.8 Å². The molecule has 3 saturated heterocycles. The molecule has 3 aliphatic heterocycles. The number of nitrogens with zero attached hydrogens (tertiary/aromatic N) is 1. The van der Waals surface area contributed by atoms with E-state index in [9.17, 15) is 15.0 Å². The van der Waals surface area contributed by atoms with Crippen LogP contribution in [-0.4, -0.2) is 73.6 Å². The third-order valence-corrected chi connectivity index (χ3v) is 5.49. The molecule has 2 atom stereocenters. The summed E-state index contributed by atoms with van der Waals surface area (Å²) in [7, 11) is 0. The minimum absolute atomic E-state index is 0.0468. The quantitative estimate of drug-likeness (QED) is 0.607. The van der Waals surface area contributed by atoms with Crippen molar-refractivity contribution in [1.29, 1.82) is 0 Å². The molecule has 6 nitrogen and oxygen atoms in total. The predicted molar refractivity (Wildman–Crippen MR) is 72.0 cm³/mol. The molecule has 3 aliphatic rings. The Kier molecular flexibility index (Phi) is 3.75. The number of fused-ring (bicyclic) bond motifs is 1. The van der Waals surface area contributed by atoms with Crippen molar-refractivity contribution >= 4 is 5.91 Å². The van der Waals surface area contributed by atoms with Gasteiger partial charge in [0.25, 0.3) is 0 Å². The van der Waals surface area contributed by atoms with E-state index in [-0.39, 0.29) is 24.5 Å². The Labute approximate surface area is 119 Å².